The lowest BCUT2D eigenvalue weighted by Gasteiger charge is -2.12. The fraction of sp³-hybridized carbons (Fsp3) is 0.611. The second-order valence-electron chi connectivity index (χ2n) is 6.23. The zero-order valence-electron chi connectivity index (χ0n) is 14.3. The molecular weight excluding hydrogens is 417 g/mol. The maximum atomic E-state index is 5.61. The van der Waals surface area contributed by atoms with E-state index in [9.17, 15) is 0 Å². The molecular formula is C18H28IN3O2. The molecule has 1 saturated carbocycles. The molecule has 3 rings (SSSR count). The van der Waals surface area contributed by atoms with Crippen molar-refractivity contribution in [1.82, 2.24) is 10.6 Å². The second kappa shape index (κ2) is 10.1. The summed E-state index contributed by atoms with van der Waals surface area (Å²) in [6, 6.07) is 6.49. The molecule has 0 saturated heterocycles. The number of nitrogens with zero attached hydrogens (tertiary/aromatic N) is 1. The van der Waals surface area contributed by atoms with Gasteiger partial charge in [-0.25, -0.2) is 0 Å². The van der Waals surface area contributed by atoms with Gasteiger partial charge in [0.25, 0.3) is 0 Å². The van der Waals surface area contributed by atoms with Crippen molar-refractivity contribution in [2.75, 3.05) is 40.0 Å². The molecule has 1 aliphatic heterocycles. The van der Waals surface area contributed by atoms with Gasteiger partial charge in [0.2, 0.25) is 0 Å². The van der Waals surface area contributed by atoms with E-state index in [2.05, 4.69) is 33.8 Å². The van der Waals surface area contributed by atoms with Crippen LogP contribution in [-0.2, 0) is 17.6 Å². The number of hydrogen-bond donors (Lipinski definition) is 2. The topological polar surface area (TPSA) is 54.9 Å². The van der Waals surface area contributed by atoms with Gasteiger partial charge in [0, 0.05) is 33.2 Å². The van der Waals surface area contributed by atoms with Crippen molar-refractivity contribution in [3.05, 3.63) is 29.3 Å². The first-order valence-electron chi connectivity index (χ1n) is 8.62. The Morgan fingerprint density at radius 2 is 2.12 bits per heavy atom. The maximum absolute atomic E-state index is 5.61. The molecule has 0 atom stereocenters. The minimum Gasteiger partial charge on any atom is -0.493 e. The van der Waals surface area contributed by atoms with Crippen LogP contribution in [0.3, 0.4) is 0 Å². The van der Waals surface area contributed by atoms with Crippen LogP contribution in [0.4, 0.5) is 0 Å². The number of nitrogens with one attached hydrogen (secondary N) is 2. The predicted molar refractivity (Wildman–Crippen MR) is 108 cm³/mol. The van der Waals surface area contributed by atoms with Crippen LogP contribution in [-0.4, -0.2) is 45.9 Å². The van der Waals surface area contributed by atoms with Gasteiger partial charge in [-0.15, -0.1) is 24.0 Å². The summed E-state index contributed by atoms with van der Waals surface area (Å²) in [4.78, 5) is 4.24. The minimum atomic E-state index is 0. The molecule has 0 spiro atoms. The first-order valence-corrected chi connectivity index (χ1v) is 8.62. The van der Waals surface area contributed by atoms with Crippen LogP contribution in [0.15, 0.2) is 23.2 Å². The summed E-state index contributed by atoms with van der Waals surface area (Å²) < 4.78 is 11.2. The van der Waals surface area contributed by atoms with Gasteiger partial charge >= 0.3 is 0 Å². The molecule has 6 heteroatoms. The van der Waals surface area contributed by atoms with Crippen LogP contribution in [0, 0.1) is 5.92 Å². The van der Waals surface area contributed by atoms with E-state index in [1.165, 1.54) is 24.0 Å². The Morgan fingerprint density at radius 1 is 1.29 bits per heavy atom. The van der Waals surface area contributed by atoms with Crippen molar-refractivity contribution in [1.29, 1.82) is 0 Å². The third kappa shape index (κ3) is 6.12. The zero-order valence-corrected chi connectivity index (χ0v) is 16.7. The Kier molecular flexibility index (Phi) is 8.11. The van der Waals surface area contributed by atoms with Gasteiger partial charge in [0.05, 0.1) is 13.2 Å². The smallest absolute Gasteiger partial charge is 0.191 e. The van der Waals surface area contributed by atoms with Gasteiger partial charge in [-0.3, -0.25) is 4.99 Å². The quantitative estimate of drug-likeness (QED) is 0.279. The first kappa shape index (κ1) is 19.3. The molecule has 0 amide bonds. The van der Waals surface area contributed by atoms with Crippen molar-refractivity contribution >= 4 is 29.9 Å². The highest BCUT2D eigenvalue weighted by molar-refractivity contribution is 14.0. The number of ether oxygens (including phenoxy) is 2. The number of benzene rings is 1. The van der Waals surface area contributed by atoms with E-state index in [0.29, 0.717) is 0 Å². The predicted octanol–water partition coefficient (Wildman–Crippen LogP) is 2.37. The molecule has 0 radical (unpaired) electrons. The fourth-order valence-electron chi connectivity index (χ4n) is 2.72. The molecule has 2 aliphatic rings. The number of guanidine groups is 1. The monoisotopic (exact) mass is 445 g/mol. The number of halogens is 1. The number of rotatable bonds is 8. The molecule has 1 aliphatic carbocycles. The molecule has 0 aromatic heterocycles. The van der Waals surface area contributed by atoms with Gasteiger partial charge in [0.1, 0.15) is 5.75 Å². The summed E-state index contributed by atoms with van der Waals surface area (Å²) in [5.41, 5.74) is 2.67. The summed E-state index contributed by atoms with van der Waals surface area (Å²) >= 11 is 0. The van der Waals surface area contributed by atoms with Crippen molar-refractivity contribution in [3.8, 4) is 5.75 Å². The summed E-state index contributed by atoms with van der Waals surface area (Å²) in [5.74, 6) is 2.71. The largest absolute Gasteiger partial charge is 0.493 e. The third-order valence-corrected chi connectivity index (χ3v) is 4.27. The highest BCUT2D eigenvalue weighted by Crippen LogP contribution is 2.28. The second-order valence-corrected chi connectivity index (χ2v) is 6.23. The molecule has 1 aromatic rings. The van der Waals surface area contributed by atoms with E-state index in [0.717, 1.165) is 63.4 Å². The van der Waals surface area contributed by atoms with E-state index in [1.54, 1.807) is 7.05 Å². The Labute approximate surface area is 161 Å². The highest BCUT2D eigenvalue weighted by Gasteiger charge is 2.20. The van der Waals surface area contributed by atoms with Gasteiger partial charge < -0.3 is 20.1 Å². The van der Waals surface area contributed by atoms with Crippen molar-refractivity contribution in [3.63, 3.8) is 0 Å². The van der Waals surface area contributed by atoms with Gasteiger partial charge in [0.15, 0.2) is 5.96 Å². The van der Waals surface area contributed by atoms with Gasteiger partial charge in [-0.1, -0.05) is 12.1 Å². The van der Waals surface area contributed by atoms with Crippen molar-refractivity contribution in [2.45, 2.75) is 25.7 Å². The lowest BCUT2D eigenvalue weighted by Crippen LogP contribution is -2.39. The molecule has 1 aromatic carbocycles. The van der Waals surface area contributed by atoms with Crippen LogP contribution in [0.5, 0.6) is 5.75 Å². The van der Waals surface area contributed by atoms with Crippen LogP contribution in [0.2, 0.25) is 0 Å². The number of aliphatic imine (C=N–C) groups is 1. The van der Waals surface area contributed by atoms with E-state index in [4.69, 9.17) is 9.47 Å². The van der Waals surface area contributed by atoms with Crippen LogP contribution < -0.4 is 15.4 Å². The van der Waals surface area contributed by atoms with Crippen molar-refractivity contribution in [2.24, 2.45) is 10.9 Å². The minimum absolute atomic E-state index is 0. The fourth-order valence-corrected chi connectivity index (χ4v) is 2.72. The van der Waals surface area contributed by atoms with E-state index in [-0.39, 0.29) is 24.0 Å². The average Bonchev–Trinajstić information content (AvgIpc) is 3.28. The van der Waals surface area contributed by atoms with Gasteiger partial charge in [-0.05, 0) is 42.4 Å². The molecule has 134 valence electrons. The number of fused-ring (bicyclic) bond motifs is 1. The molecule has 2 N–H and O–H groups in total. The third-order valence-electron chi connectivity index (χ3n) is 4.27. The average molecular weight is 445 g/mol. The molecule has 5 nitrogen and oxygen atoms in total. The van der Waals surface area contributed by atoms with Crippen LogP contribution in [0.1, 0.15) is 24.0 Å². The normalized spacial score (nSPS) is 16.1. The summed E-state index contributed by atoms with van der Waals surface area (Å²) in [7, 11) is 1.80. The SMILES string of the molecule is CN=C(NCCOCC1CC1)NCCc1ccc2c(c1)CCO2.I. The van der Waals surface area contributed by atoms with E-state index >= 15 is 0 Å². The Balaban J connectivity index is 0.00000208. The molecule has 24 heavy (non-hydrogen) atoms. The van der Waals surface area contributed by atoms with E-state index < -0.39 is 0 Å². The Morgan fingerprint density at radius 3 is 2.92 bits per heavy atom. The molecule has 0 bridgehead atoms. The highest BCUT2D eigenvalue weighted by atomic mass is 127. The summed E-state index contributed by atoms with van der Waals surface area (Å²) in [6.45, 7) is 4.12. The van der Waals surface area contributed by atoms with Crippen LogP contribution in [0.25, 0.3) is 0 Å². The maximum Gasteiger partial charge on any atom is 0.191 e. The van der Waals surface area contributed by atoms with Gasteiger partial charge in [-0.2, -0.15) is 0 Å². The lowest BCUT2D eigenvalue weighted by atomic mass is 10.1. The molecule has 0 unspecified atom stereocenters. The first-order chi connectivity index (χ1) is 11.3. The standard InChI is InChI=1S/C18H27N3O2.HI/c1-19-18(21-9-11-22-13-15-2-3-15)20-8-6-14-4-5-17-16(12-14)7-10-23-17;/h4-5,12,15H,2-3,6-11,13H2,1H3,(H2,19,20,21);1H. The molecule has 1 heterocycles. The lowest BCUT2D eigenvalue weighted by molar-refractivity contribution is 0.129. The van der Waals surface area contributed by atoms with Crippen LogP contribution >= 0.6 is 24.0 Å². The molecule has 1 fully saturated rings. The Bertz CT molecular complexity index is 547. The number of hydrogen-bond acceptors (Lipinski definition) is 3. The Hall–Kier alpha value is -1.02. The summed E-state index contributed by atoms with van der Waals surface area (Å²) in [5, 5.41) is 6.64. The summed E-state index contributed by atoms with van der Waals surface area (Å²) in [6.07, 6.45) is 4.68. The zero-order chi connectivity index (χ0) is 15.9. The van der Waals surface area contributed by atoms with E-state index in [1.807, 2.05) is 0 Å². The van der Waals surface area contributed by atoms with Crippen molar-refractivity contribution < 1.29 is 9.47 Å².